The van der Waals surface area contributed by atoms with Gasteiger partial charge in [-0.1, -0.05) is 31.4 Å². The van der Waals surface area contributed by atoms with E-state index in [1.54, 1.807) is 0 Å². The van der Waals surface area contributed by atoms with Crippen LogP contribution in [-0.4, -0.2) is 6.04 Å². The van der Waals surface area contributed by atoms with E-state index in [0.29, 0.717) is 6.04 Å². The van der Waals surface area contributed by atoms with Crippen molar-refractivity contribution in [2.75, 3.05) is 0 Å². The zero-order chi connectivity index (χ0) is 13.8. The molecule has 1 aromatic rings. The van der Waals surface area contributed by atoms with Crippen LogP contribution >= 0.6 is 0 Å². The zero-order valence-electron chi connectivity index (χ0n) is 13.1. The summed E-state index contributed by atoms with van der Waals surface area (Å²) in [6, 6.07) is 5.32. The molecule has 0 heterocycles. The van der Waals surface area contributed by atoms with E-state index in [-0.39, 0.29) is 0 Å². The third-order valence-electron chi connectivity index (χ3n) is 4.92. The van der Waals surface area contributed by atoms with Gasteiger partial charge in [-0.2, -0.15) is 0 Å². The minimum atomic E-state index is 0.654. The Bertz CT molecular complexity index is 416. The van der Waals surface area contributed by atoms with Gasteiger partial charge < -0.3 is 5.32 Å². The van der Waals surface area contributed by atoms with Gasteiger partial charge in [0, 0.05) is 12.6 Å². The lowest BCUT2D eigenvalue weighted by Gasteiger charge is -2.28. The van der Waals surface area contributed by atoms with Crippen LogP contribution in [0, 0.1) is 26.7 Å². The molecule has 1 nitrogen and oxygen atoms in total. The number of hydrogen-bond acceptors (Lipinski definition) is 1. The summed E-state index contributed by atoms with van der Waals surface area (Å²) in [5.41, 5.74) is 5.70. The second-order valence-electron chi connectivity index (χ2n) is 6.43. The number of hydrogen-bond donors (Lipinski definition) is 1. The van der Waals surface area contributed by atoms with Crippen LogP contribution in [0.25, 0.3) is 0 Å². The van der Waals surface area contributed by atoms with Gasteiger partial charge >= 0.3 is 0 Å². The summed E-state index contributed by atoms with van der Waals surface area (Å²) in [6.07, 6.45) is 7.14. The van der Waals surface area contributed by atoms with E-state index in [1.165, 1.54) is 54.4 Å². The van der Waals surface area contributed by atoms with Crippen molar-refractivity contribution in [3.05, 3.63) is 34.4 Å². The quantitative estimate of drug-likeness (QED) is 0.828. The topological polar surface area (TPSA) is 12.0 Å². The molecule has 0 spiro atoms. The van der Waals surface area contributed by atoms with Crippen LogP contribution in [0.1, 0.15) is 61.3 Å². The molecule has 1 aliphatic rings. The Morgan fingerprint density at radius 1 is 1.00 bits per heavy atom. The normalized spacial score (nSPS) is 18.5. The average Bonchev–Trinajstić information content (AvgIpc) is 2.42. The van der Waals surface area contributed by atoms with Crippen LogP contribution in [0.3, 0.4) is 0 Å². The average molecular weight is 259 g/mol. The molecule has 1 heteroatoms. The first kappa shape index (κ1) is 14.6. The van der Waals surface area contributed by atoms with Gasteiger partial charge in [-0.3, -0.25) is 0 Å². The maximum atomic E-state index is 3.76. The second kappa shape index (κ2) is 6.56. The first-order valence-electron chi connectivity index (χ1n) is 7.88. The molecule has 2 rings (SSSR count). The summed E-state index contributed by atoms with van der Waals surface area (Å²) in [5.74, 6) is 0.889. The van der Waals surface area contributed by atoms with Gasteiger partial charge in [-0.25, -0.2) is 0 Å². The molecule has 0 aromatic heterocycles. The first-order chi connectivity index (χ1) is 9.08. The number of benzene rings is 1. The highest BCUT2D eigenvalue weighted by molar-refractivity contribution is 5.36. The maximum Gasteiger partial charge on any atom is 0.0210 e. The largest absolute Gasteiger partial charge is 0.310 e. The SMILES string of the molecule is Cc1cc(C)c(CN[C@H](C)C2CCCCC2)cc1C. The molecule has 1 aliphatic carbocycles. The Hall–Kier alpha value is -0.820. The Labute approximate surface area is 118 Å². The van der Waals surface area contributed by atoms with Crippen molar-refractivity contribution in [2.45, 2.75) is 72.4 Å². The van der Waals surface area contributed by atoms with Crippen molar-refractivity contribution in [2.24, 2.45) is 5.92 Å². The Morgan fingerprint density at radius 3 is 2.32 bits per heavy atom. The second-order valence-corrected chi connectivity index (χ2v) is 6.43. The van der Waals surface area contributed by atoms with Gasteiger partial charge in [0.1, 0.15) is 0 Å². The lowest BCUT2D eigenvalue weighted by atomic mass is 9.84. The van der Waals surface area contributed by atoms with E-state index >= 15 is 0 Å². The van der Waals surface area contributed by atoms with Gasteiger partial charge in [0.2, 0.25) is 0 Å². The van der Waals surface area contributed by atoms with Crippen molar-refractivity contribution < 1.29 is 0 Å². The molecule has 0 unspecified atom stereocenters. The molecule has 106 valence electrons. The van der Waals surface area contributed by atoms with E-state index in [4.69, 9.17) is 0 Å². The molecular weight excluding hydrogens is 230 g/mol. The van der Waals surface area contributed by atoms with E-state index in [1.807, 2.05) is 0 Å². The predicted octanol–water partition coefficient (Wildman–Crippen LogP) is 4.67. The summed E-state index contributed by atoms with van der Waals surface area (Å²) < 4.78 is 0. The van der Waals surface area contributed by atoms with Crippen LogP contribution in [0.5, 0.6) is 0 Å². The fourth-order valence-electron chi connectivity index (χ4n) is 3.28. The van der Waals surface area contributed by atoms with E-state index in [2.05, 4.69) is 45.1 Å². The number of aryl methyl sites for hydroxylation is 3. The molecule has 0 radical (unpaired) electrons. The minimum absolute atomic E-state index is 0.654. The van der Waals surface area contributed by atoms with E-state index < -0.39 is 0 Å². The molecule has 0 saturated heterocycles. The molecule has 0 aliphatic heterocycles. The van der Waals surface area contributed by atoms with Crippen molar-refractivity contribution >= 4 is 0 Å². The van der Waals surface area contributed by atoms with Gasteiger partial charge in [0.15, 0.2) is 0 Å². The van der Waals surface area contributed by atoms with Gasteiger partial charge in [-0.15, -0.1) is 0 Å². The summed E-state index contributed by atoms with van der Waals surface area (Å²) >= 11 is 0. The van der Waals surface area contributed by atoms with Crippen LogP contribution in [0.15, 0.2) is 12.1 Å². The molecule has 0 amide bonds. The Morgan fingerprint density at radius 2 is 1.63 bits per heavy atom. The molecule has 1 fully saturated rings. The Kier molecular flexibility index (Phi) is 5.04. The number of nitrogens with one attached hydrogen (secondary N) is 1. The van der Waals surface area contributed by atoms with E-state index in [0.717, 1.165) is 12.5 Å². The molecule has 1 saturated carbocycles. The van der Waals surface area contributed by atoms with Crippen LogP contribution in [0.4, 0.5) is 0 Å². The highest BCUT2D eigenvalue weighted by atomic mass is 14.9. The summed E-state index contributed by atoms with van der Waals surface area (Å²) in [7, 11) is 0. The minimum Gasteiger partial charge on any atom is -0.310 e. The molecule has 0 bridgehead atoms. The zero-order valence-corrected chi connectivity index (χ0v) is 13.1. The van der Waals surface area contributed by atoms with Gasteiger partial charge in [0.05, 0.1) is 0 Å². The smallest absolute Gasteiger partial charge is 0.0210 e. The summed E-state index contributed by atoms with van der Waals surface area (Å²) in [5, 5.41) is 3.76. The van der Waals surface area contributed by atoms with Crippen molar-refractivity contribution in [1.82, 2.24) is 5.32 Å². The lowest BCUT2D eigenvalue weighted by Crippen LogP contribution is -2.34. The number of rotatable bonds is 4. The highest BCUT2D eigenvalue weighted by Crippen LogP contribution is 2.26. The summed E-state index contributed by atoms with van der Waals surface area (Å²) in [4.78, 5) is 0. The van der Waals surface area contributed by atoms with Crippen LogP contribution in [0.2, 0.25) is 0 Å². The molecule has 19 heavy (non-hydrogen) atoms. The molecule has 1 atom stereocenters. The summed E-state index contributed by atoms with van der Waals surface area (Å²) in [6.45, 7) is 10.0. The third-order valence-corrected chi connectivity index (χ3v) is 4.92. The first-order valence-corrected chi connectivity index (χ1v) is 7.88. The maximum absolute atomic E-state index is 3.76. The van der Waals surface area contributed by atoms with Crippen molar-refractivity contribution in [3.63, 3.8) is 0 Å². The fraction of sp³-hybridized carbons (Fsp3) is 0.667. The van der Waals surface area contributed by atoms with Gasteiger partial charge in [-0.05, 0) is 68.7 Å². The molecule has 1 N–H and O–H groups in total. The highest BCUT2D eigenvalue weighted by Gasteiger charge is 2.19. The molecular formula is C18H29N. The van der Waals surface area contributed by atoms with Gasteiger partial charge in [0.25, 0.3) is 0 Å². The van der Waals surface area contributed by atoms with Crippen molar-refractivity contribution in [1.29, 1.82) is 0 Å². The molecule has 1 aromatic carbocycles. The van der Waals surface area contributed by atoms with Crippen molar-refractivity contribution in [3.8, 4) is 0 Å². The standard InChI is InChI=1S/C18H29N/c1-13-10-15(3)18(11-14(13)2)12-19-16(4)17-8-6-5-7-9-17/h10-11,16-17,19H,5-9,12H2,1-4H3/t16-/m1/s1. The Balaban J connectivity index is 1.92. The fourth-order valence-corrected chi connectivity index (χ4v) is 3.28. The third kappa shape index (κ3) is 3.82. The van der Waals surface area contributed by atoms with E-state index in [9.17, 15) is 0 Å². The predicted molar refractivity (Wildman–Crippen MR) is 83.5 cm³/mol. The van der Waals surface area contributed by atoms with Crippen LogP contribution in [-0.2, 0) is 6.54 Å². The lowest BCUT2D eigenvalue weighted by molar-refractivity contribution is 0.280. The van der Waals surface area contributed by atoms with Crippen LogP contribution < -0.4 is 5.32 Å². The monoisotopic (exact) mass is 259 g/mol.